The van der Waals surface area contributed by atoms with Crippen LogP contribution in [-0.4, -0.2) is 56.6 Å². The maximum Gasteiger partial charge on any atom is 0.276 e. The average molecular weight is 457 g/mol. The van der Waals surface area contributed by atoms with E-state index in [0.717, 1.165) is 12.8 Å². The molecule has 0 bridgehead atoms. The third kappa shape index (κ3) is 3.80. The highest BCUT2D eigenvalue weighted by atomic mass is 19.1. The van der Waals surface area contributed by atoms with Crippen LogP contribution in [0.15, 0.2) is 35.3 Å². The van der Waals surface area contributed by atoms with Crippen molar-refractivity contribution in [1.82, 2.24) is 19.7 Å². The Bertz CT molecular complexity index is 1150. The number of likely N-dealkylation sites (N-methyl/N-ethyl adjacent to an activating group) is 1. The van der Waals surface area contributed by atoms with Gasteiger partial charge in [0.25, 0.3) is 11.8 Å². The number of pyridine rings is 1. The van der Waals surface area contributed by atoms with Gasteiger partial charge in [0.05, 0.1) is 6.54 Å². The van der Waals surface area contributed by atoms with Crippen LogP contribution in [0.3, 0.4) is 0 Å². The van der Waals surface area contributed by atoms with E-state index in [1.807, 2.05) is 14.0 Å². The number of amides is 2. The number of carbonyl (C=O) groups excluding carboxylic acids is 2. The summed E-state index contributed by atoms with van der Waals surface area (Å²) < 4.78 is 14.6. The number of benzene rings is 1. The molecule has 1 fully saturated rings. The van der Waals surface area contributed by atoms with E-state index >= 15 is 0 Å². The van der Waals surface area contributed by atoms with Crippen LogP contribution < -0.4 is 10.7 Å². The van der Waals surface area contributed by atoms with Crippen molar-refractivity contribution in [2.45, 2.75) is 57.9 Å². The zero-order valence-corrected chi connectivity index (χ0v) is 19.1. The molecule has 2 aromatic rings. The van der Waals surface area contributed by atoms with Gasteiger partial charge in [-0.1, -0.05) is 19.1 Å². The van der Waals surface area contributed by atoms with E-state index in [0.29, 0.717) is 25.1 Å². The van der Waals surface area contributed by atoms with Gasteiger partial charge >= 0.3 is 0 Å². The number of fused-ring (bicyclic) bond motifs is 2. The molecule has 1 saturated heterocycles. The summed E-state index contributed by atoms with van der Waals surface area (Å²) >= 11 is 0. The smallest absolute Gasteiger partial charge is 0.276 e. The Balaban J connectivity index is 1.71. The highest BCUT2D eigenvalue weighted by Crippen LogP contribution is 2.38. The summed E-state index contributed by atoms with van der Waals surface area (Å²) in [6, 6.07) is 5.89. The van der Waals surface area contributed by atoms with Crippen LogP contribution >= 0.6 is 0 Å². The Morgan fingerprint density at radius 3 is 2.64 bits per heavy atom. The molecule has 1 unspecified atom stereocenters. The lowest BCUT2D eigenvalue weighted by atomic mass is 9.96. The molecule has 33 heavy (non-hydrogen) atoms. The van der Waals surface area contributed by atoms with Crippen molar-refractivity contribution >= 4 is 11.8 Å². The largest absolute Gasteiger partial charge is 0.503 e. The first-order valence-corrected chi connectivity index (χ1v) is 11.2. The zero-order chi connectivity index (χ0) is 23.9. The van der Waals surface area contributed by atoms with Crippen molar-refractivity contribution in [3.05, 3.63) is 63.3 Å². The minimum absolute atomic E-state index is 0.0814. The molecule has 3 heterocycles. The summed E-state index contributed by atoms with van der Waals surface area (Å²) in [5.41, 5.74) is -1.16. The second-order valence-electron chi connectivity index (χ2n) is 8.90. The third-order valence-electron chi connectivity index (χ3n) is 7.13. The highest BCUT2D eigenvalue weighted by molar-refractivity contribution is 5.99. The standard InChI is InChI=1S/C24H29FN4O4/c1-4-24-14-28-13-18(22(32)26-12-16-7-9-17(25)10-8-16)20(30)21(31)19(28)23(33)29(24)11-5-6-15(2)27(24)3/h7-10,13,15,31H,4-6,11-12,14H2,1-3H3,(H,26,32)/t15-,24?/m0/s1. The van der Waals surface area contributed by atoms with Crippen molar-refractivity contribution in [2.75, 3.05) is 13.6 Å². The van der Waals surface area contributed by atoms with Gasteiger partial charge in [-0.2, -0.15) is 0 Å². The van der Waals surface area contributed by atoms with E-state index in [4.69, 9.17) is 0 Å². The van der Waals surface area contributed by atoms with Crippen LogP contribution in [0.2, 0.25) is 0 Å². The van der Waals surface area contributed by atoms with E-state index in [-0.39, 0.29) is 29.7 Å². The number of hydrogen-bond acceptors (Lipinski definition) is 5. The molecule has 2 aliphatic rings. The highest BCUT2D eigenvalue weighted by Gasteiger charge is 2.50. The lowest BCUT2D eigenvalue weighted by Gasteiger charge is -2.52. The maximum atomic E-state index is 13.5. The predicted molar refractivity (Wildman–Crippen MR) is 120 cm³/mol. The van der Waals surface area contributed by atoms with Gasteiger partial charge in [0.15, 0.2) is 11.4 Å². The SMILES string of the molecule is CCC12Cn3cc(C(=O)NCc4ccc(F)cc4)c(=O)c(O)c3C(=O)N1CCC[C@H](C)N2C. The van der Waals surface area contributed by atoms with Crippen LogP contribution in [0.1, 0.15) is 59.5 Å². The second kappa shape index (κ2) is 8.62. The Kier molecular flexibility index (Phi) is 6.00. The molecule has 0 spiro atoms. The summed E-state index contributed by atoms with van der Waals surface area (Å²) in [4.78, 5) is 43.0. The number of hydrogen-bond donors (Lipinski definition) is 2. The first kappa shape index (κ1) is 23.0. The Morgan fingerprint density at radius 2 is 1.97 bits per heavy atom. The summed E-state index contributed by atoms with van der Waals surface area (Å²) in [6.45, 7) is 5.09. The van der Waals surface area contributed by atoms with Gasteiger partial charge in [-0.25, -0.2) is 4.39 Å². The first-order chi connectivity index (χ1) is 15.7. The maximum absolute atomic E-state index is 13.5. The van der Waals surface area contributed by atoms with Gasteiger partial charge in [0.1, 0.15) is 17.0 Å². The third-order valence-corrected chi connectivity index (χ3v) is 7.13. The van der Waals surface area contributed by atoms with Crippen LogP contribution in [0, 0.1) is 5.82 Å². The molecule has 9 heteroatoms. The molecule has 2 amide bonds. The number of halogens is 1. The van der Waals surface area contributed by atoms with Crippen LogP contribution in [0.4, 0.5) is 4.39 Å². The molecule has 0 aliphatic carbocycles. The molecule has 1 aromatic heterocycles. The zero-order valence-electron chi connectivity index (χ0n) is 19.1. The van der Waals surface area contributed by atoms with Crippen molar-refractivity contribution in [3.8, 4) is 5.75 Å². The van der Waals surface area contributed by atoms with Gasteiger partial charge in [0.2, 0.25) is 5.43 Å². The predicted octanol–water partition coefficient (Wildman–Crippen LogP) is 2.30. The molecule has 2 aliphatic heterocycles. The molecular weight excluding hydrogens is 427 g/mol. The fourth-order valence-corrected chi connectivity index (χ4v) is 5.03. The molecule has 1 aromatic carbocycles. The molecule has 2 atom stereocenters. The summed E-state index contributed by atoms with van der Waals surface area (Å²) in [5.74, 6) is -2.17. The van der Waals surface area contributed by atoms with E-state index < -0.39 is 28.7 Å². The number of aromatic hydroxyl groups is 1. The monoisotopic (exact) mass is 456 g/mol. The Labute approximate surface area is 191 Å². The molecule has 0 saturated carbocycles. The number of aromatic nitrogens is 1. The summed E-state index contributed by atoms with van der Waals surface area (Å²) in [6.07, 6.45) is 3.78. The normalized spacial score (nSPS) is 23.0. The van der Waals surface area contributed by atoms with Crippen LogP contribution in [-0.2, 0) is 13.1 Å². The second-order valence-corrected chi connectivity index (χ2v) is 8.90. The molecule has 8 nitrogen and oxygen atoms in total. The molecule has 176 valence electrons. The number of nitrogens with zero attached hydrogens (tertiary/aromatic N) is 3. The van der Waals surface area contributed by atoms with Gasteiger partial charge in [-0.3, -0.25) is 19.3 Å². The molecule has 2 N–H and O–H groups in total. The van der Waals surface area contributed by atoms with Gasteiger partial charge < -0.3 is 19.9 Å². The van der Waals surface area contributed by atoms with Gasteiger partial charge in [0, 0.05) is 25.3 Å². The Morgan fingerprint density at radius 1 is 1.27 bits per heavy atom. The molecular formula is C24H29FN4O4. The fraction of sp³-hybridized carbons (Fsp3) is 0.458. The van der Waals surface area contributed by atoms with Crippen LogP contribution in [0.5, 0.6) is 5.75 Å². The van der Waals surface area contributed by atoms with Gasteiger partial charge in [-0.15, -0.1) is 0 Å². The number of carbonyl (C=O) groups is 2. The van der Waals surface area contributed by atoms with E-state index in [9.17, 15) is 23.9 Å². The topological polar surface area (TPSA) is 94.9 Å². The first-order valence-electron chi connectivity index (χ1n) is 11.2. The summed E-state index contributed by atoms with van der Waals surface area (Å²) in [7, 11) is 1.99. The Hall–Kier alpha value is -3.20. The average Bonchev–Trinajstić information content (AvgIpc) is 2.92. The molecule has 4 rings (SSSR count). The number of rotatable bonds is 4. The summed E-state index contributed by atoms with van der Waals surface area (Å²) in [5, 5.41) is 13.3. The minimum Gasteiger partial charge on any atom is -0.503 e. The van der Waals surface area contributed by atoms with Gasteiger partial charge in [-0.05, 0) is 50.9 Å². The van der Waals surface area contributed by atoms with Crippen molar-refractivity contribution in [2.24, 2.45) is 0 Å². The van der Waals surface area contributed by atoms with Crippen molar-refractivity contribution in [3.63, 3.8) is 0 Å². The van der Waals surface area contributed by atoms with Crippen molar-refractivity contribution in [1.29, 1.82) is 0 Å². The number of nitrogens with one attached hydrogen (secondary N) is 1. The van der Waals surface area contributed by atoms with Crippen molar-refractivity contribution < 1.29 is 19.1 Å². The quantitative estimate of drug-likeness (QED) is 0.736. The van der Waals surface area contributed by atoms with E-state index in [1.54, 1.807) is 9.47 Å². The van der Waals surface area contributed by atoms with Crippen LogP contribution in [0.25, 0.3) is 0 Å². The minimum atomic E-state index is -0.883. The lowest BCUT2D eigenvalue weighted by Crippen LogP contribution is -2.66. The van der Waals surface area contributed by atoms with E-state index in [2.05, 4.69) is 17.1 Å². The fourth-order valence-electron chi connectivity index (χ4n) is 5.03. The van der Waals surface area contributed by atoms with E-state index in [1.165, 1.54) is 30.5 Å². The molecule has 0 radical (unpaired) electrons. The lowest BCUT2D eigenvalue weighted by molar-refractivity contribution is -0.0589.